The molecule has 0 saturated heterocycles. The van der Waals surface area contributed by atoms with Crippen molar-refractivity contribution in [2.45, 2.75) is 27.7 Å². The Morgan fingerprint density at radius 1 is 0.583 bits per heavy atom. The average Bonchev–Trinajstić information content (AvgIpc) is 2.13. The van der Waals surface area contributed by atoms with E-state index in [1.54, 1.807) is 0 Å². The summed E-state index contributed by atoms with van der Waals surface area (Å²) in [5.74, 6) is -3.33. The van der Waals surface area contributed by atoms with Gasteiger partial charge in [0.2, 0.25) is 0 Å². The van der Waals surface area contributed by atoms with Crippen molar-refractivity contribution in [2.75, 3.05) is 13.1 Å². The normalized spacial score (nSPS) is 5.42. The van der Waals surface area contributed by atoms with Crippen LogP contribution in [0.25, 0.3) is 0 Å². The van der Waals surface area contributed by atoms with Crippen molar-refractivity contribution in [1.82, 2.24) is 0 Å². The van der Waals surface area contributed by atoms with Gasteiger partial charge in [-0.3, -0.25) is 19.2 Å². The molecule has 0 amide bonds. The summed E-state index contributed by atoms with van der Waals surface area (Å²) < 4.78 is 0. The first-order chi connectivity index (χ1) is 8.84. The van der Waals surface area contributed by atoms with E-state index in [-0.39, 0.29) is 70.1 Å². The van der Waals surface area contributed by atoms with E-state index >= 15 is 0 Å². The van der Waals surface area contributed by atoms with Gasteiger partial charge in [-0.1, -0.05) is 0 Å². The summed E-state index contributed by atoms with van der Waals surface area (Å²) in [6.07, 6.45) is 0. The molecule has 14 heteroatoms. The first kappa shape index (κ1) is 56.5. The molecule has 12 nitrogen and oxygen atoms in total. The van der Waals surface area contributed by atoms with Crippen LogP contribution >= 0.6 is 0 Å². The van der Waals surface area contributed by atoms with Crippen LogP contribution in [0.15, 0.2) is 0 Å². The summed E-state index contributed by atoms with van der Waals surface area (Å²) in [7, 11) is 0. The van der Waals surface area contributed by atoms with Crippen molar-refractivity contribution in [3.8, 4) is 0 Å². The molecule has 0 aliphatic carbocycles. The van der Waals surface area contributed by atoms with E-state index in [1.165, 1.54) is 0 Å². The molecule has 0 fully saturated rings. The van der Waals surface area contributed by atoms with Crippen LogP contribution < -0.4 is 11.5 Å². The second-order valence-corrected chi connectivity index (χ2v) is 2.65. The number of hydrogen-bond donors (Lipinski definition) is 6. The molecule has 24 heavy (non-hydrogen) atoms. The van der Waals surface area contributed by atoms with Crippen molar-refractivity contribution >= 4 is 83.0 Å². The molecule has 2 radical (unpaired) electrons. The Morgan fingerprint density at radius 2 is 0.625 bits per heavy atom. The zero-order chi connectivity index (χ0) is 17.7. The third kappa shape index (κ3) is 18000. The first-order valence-corrected chi connectivity index (χ1v) is 5.03. The van der Waals surface area contributed by atoms with Gasteiger partial charge in [-0.25, -0.2) is 0 Å². The van der Waals surface area contributed by atoms with Crippen molar-refractivity contribution in [1.29, 1.82) is 0 Å². The van der Waals surface area contributed by atoms with E-state index in [4.69, 9.17) is 51.1 Å². The smallest absolute Gasteiger partial charge is 0.300 e. The van der Waals surface area contributed by atoms with Crippen LogP contribution in [-0.2, 0) is 19.2 Å². The number of carbonyl (C=O) groups is 4. The van der Waals surface area contributed by atoms with Crippen molar-refractivity contribution in [3.63, 3.8) is 0 Å². The minimum Gasteiger partial charge on any atom is -0.481 e. The average molecular weight is 382 g/mol. The van der Waals surface area contributed by atoms with Crippen molar-refractivity contribution < 1.29 is 50.6 Å². The summed E-state index contributed by atoms with van der Waals surface area (Å²) >= 11 is 0. The Balaban J connectivity index is -0.0000000161. The summed E-state index contributed by atoms with van der Waals surface area (Å²) in [6, 6.07) is 0. The maximum atomic E-state index is 9.00. The predicted molar refractivity (Wildman–Crippen MR) is 90.1 cm³/mol. The molecular formula is C10H28N2Na2O10. The summed E-state index contributed by atoms with van der Waals surface area (Å²) in [5.41, 5.74) is 9.81. The quantitative estimate of drug-likeness (QED) is 0.248. The number of carboxylic acid groups (broad SMARTS) is 4. The maximum Gasteiger partial charge on any atom is 0.300 e. The molecule has 0 aliphatic heterocycles. The zero-order valence-corrected chi connectivity index (χ0v) is 19.0. The van der Waals surface area contributed by atoms with Crippen molar-refractivity contribution in [2.24, 2.45) is 11.5 Å². The summed E-state index contributed by atoms with van der Waals surface area (Å²) in [5, 5.41) is 29.7. The minimum atomic E-state index is -0.833. The van der Waals surface area contributed by atoms with Gasteiger partial charge in [-0.2, -0.15) is 0 Å². The van der Waals surface area contributed by atoms with Crippen LogP contribution in [0.1, 0.15) is 27.7 Å². The van der Waals surface area contributed by atoms with Crippen LogP contribution in [0.4, 0.5) is 0 Å². The molecule has 0 saturated carbocycles. The molecule has 0 spiro atoms. The molecule has 0 heterocycles. The fraction of sp³-hybridized carbons (Fsp3) is 0.600. The van der Waals surface area contributed by atoms with Gasteiger partial charge in [0.15, 0.2) is 0 Å². The molecular weight excluding hydrogens is 354 g/mol. The van der Waals surface area contributed by atoms with E-state index in [2.05, 4.69) is 0 Å². The summed E-state index contributed by atoms with van der Waals surface area (Å²) in [6.45, 7) is 5.53. The second kappa shape index (κ2) is 56.9. The molecule has 0 aromatic heterocycles. The monoisotopic (exact) mass is 382 g/mol. The van der Waals surface area contributed by atoms with E-state index < -0.39 is 23.9 Å². The van der Waals surface area contributed by atoms with E-state index in [9.17, 15) is 0 Å². The topological polar surface area (TPSA) is 264 Å². The Kier molecular flexibility index (Phi) is 134. The van der Waals surface area contributed by atoms with E-state index in [0.717, 1.165) is 27.7 Å². The van der Waals surface area contributed by atoms with Crippen LogP contribution in [0.2, 0.25) is 0 Å². The zero-order valence-electron chi connectivity index (χ0n) is 15.0. The molecule has 0 bridgehead atoms. The Hall–Kier alpha value is -0.280. The standard InChI is InChI=1S/C2H8N2.4C2H4O2.2Na.2H2O/c3-1-2-4;4*1-2(3)4;;;;/h1-4H2;4*1H3,(H,3,4);;;2*1H2. The first-order valence-electron chi connectivity index (χ1n) is 5.03. The van der Waals surface area contributed by atoms with Gasteiger partial charge in [0, 0.05) is 99.9 Å². The van der Waals surface area contributed by atoms with Crippen molar-refractivity contribution in [3.05, 3.63) is 0 Å². The van der Waals surface area contributed by atoms with Crippen LogP contribution in [0.5, 0.6) is 0 Å². The third-order valence-corrected chi connectivity index (χ3v) is 0.167. The Bertz CT molecular complexity index is 202. The predicted octanol–water partition coefficient (Wildman–Crippen LogP) is -3.14. The van der Waals surface area contributed by atoms with Gasteiger partial charge >= 0.3 is 0 Å². The Morgan fingerprint density at radius 3 is 0.625 bits per heavy atom. The van der Waals surface area contributed by atoms with Gasteiger partial charge in [-0.05, 0) is 0 Å². The van der Waals surface area contributed by atoms with E-state index in [1.807, 2.05) is 0 Å². The SMILES string of the molecule is CC(=O)O.CC(=O)O.CC(=O)O.CC(=O)O.NCCN.O.O.[Na].[Na]. The Labute approximate surface area is 184 Å². The molecule has 0 atom stereocenters. The van der Waals surface area contributed by atoms with Crippen LogP contribution in [-0.4, -0.2) is 127 Å². The molecule has 0 aromatic rings. The third-order valence-electron chi connectivity index (χ3n) is 0.167. The molecule has 0 rings (SSSR count). The fourth-order valence-electron chi connectivity index (χ4n) is 0. The second-order valence-electron chi connectivity index (χ2n) is 2.65. The molecule has 0 unspecified atom stereocenters. The largest absolute Gasteiger partial charge is 0.481 e. The number of hydrogen-bond acceptors (Lipinski definition) is 6. The van der Waals surface area contributed by atoms with Crippen LogP contribution in [0.3, 0.4) is 0 Å². The van der Waals surface area contributed by atoms with Gasteiger partial charge < -0.3 is 42.8 Å². The number of carboxylic acids is 4. The van der Waals surface area contributed by atoms with E-state index in [0.29, 0.717) is 13.1 Å². The number of rotatable bonds is 1. The van der Waals surface area contributed by atoms with Gasteiger partial charge in [0.05, 0.1) is 0 Å². The maximum absolute atomic E-state index is 9.00. The van der Waals surface area contributed by atoms with Gasteiger partial charge in [0.1, 0.15) is 0 Å². The van der Waals surface area contributed by atoms with Gasteiger partial charge in [0.25, 0.3) is 23.9 Å². The van der Waals surface area contributed by atoms with Gasteiger partial charge in [-0.15, -0.1) is 0 Å². The summed E-state index contributed by atoms with van der Waals surface area (Å²) in [4.78, 5) is 36.0. The number of nitrogens with two attached hydrogens (primary N) is 2. The molecule has 0 aliphatic rings. The molecule has 12 N–H and O–H groups in total. The van der Waals surface area contributed by atoms with Crippen LogP contribution in [0, 0.1) is 0 Å². The molecule has 0 aromatic carbocycles. The molecule has 140 valence electrons. The number of aliphatic carboxylic acids is 4. The fourth-order valence-corrected chi connectivity index (χ4v) is 0. The minimum absolute atomic E-state index is 0.